The Kier molecular flexibility index (Phi) is 9.60. The molecule has 0 aliphatic carbocycles. The number of amides is 1. The van der Waals surface area contributed by atoms with Crippen molar-refractivity contribution in [2.45, 2.75) is 52.0 Å². The van der Waals surface area contributed by atoms with E-state index in [9.17, 15) is 4.79 Å². The minimum absolute atomic E-state index is 0. The fraction of sp³-hybridized carbons (Fsp3) is 0.632. The van der Waals surface area contributed by atoms with Crippen LogP contribution in [0.2, 0.25) is 0 Å². The predicted molar refractivity (Wildman–Crippen MR) is 112 cm³/mol. The van der Waals surface area contributed by atoms with Crippen LogP contribution < -0.4 is 5.32 Å². The average molecular weight is 465 g/mol. The first-order valence-electron chi connectivity index (χ1n) is 8.67. The number of hydrogen-bond donors (Lipinski definition) is 1. The first-order valence-corrected chi connectivity index (χ1v) is 10.2. The summed E-state index contributed by atoms with van der Waals surface area (Å²) < 4.78 is 1.08. The van der Waals surface area contributed by atoms with E-state index in [0.29, 0.717) is 12.0 Å². The Bertz CT molecular complexity index is 516. The molecule has 1 aliphatic heterocycles. The van der Waals surface area contributed by atoms with Gasteiger partial charge in [-0.2, -0.15) is 0 Å². The molecule has 1 aromatic carbocycles. The molecular formula is C19H30ClIN2O. The molecule has 0 aromatic heterocycles. The van der Waals surface area contributed by atoms with Crippen molar-refractivity contribution >= 4 is 40.9 Å². The molecule has 24 heavy (non-hydrogen) atoms. The van der Waals surface area contributed by atoms with Crippen LogP contribution in [0.1, 0.15) is 50.7 Å². The van der Waals surface area contributed by atoms with E-state index in [0.717, 1.165) is 36.9 Å². The largest absolute Gasteiger partial charge is 0.353 e. The number of carbonyl (C=O) groups excluding carboxylic acids is 1. The minimum Gasteiger partial charge on any atom is -0.353 e. The van der Waals surface area contributed by atoms with Crippen molar-refractivity contribution < 1.29 is 4.79 Å². The molecule has 0 bridgehead atoms. The number of piperidine rings is 1. The summed E-state index contributed by atoms with van der Waals surface area (Å²) in [6.07, 6.45) is 3.16. The SMILES string of the molecule is CC(C)Cc1ccccc1C(C)C(=O)NC1CCN(CI)CC1.Cl. The summed E-state index contributed by atoms with van der Waals surface area (Å²) in [5, 5.41) is 3.27. The summed E-state index contributed by atoms with van der Waals surface area (Å²) in [4.78, 5) is 15.1. The summed E-state index contributed by atoms with van der Waals surface area (Å²) in [5.41, 5.74) is 2.49. The zero-order valence-electron chi connectivity index (χ0n) is 14.9. The molecular weight excluding hydrogens is 435 g/mol. The molecule has 1 aliphatic rings. The van der Waals surface area contributed by atoms with E-state index in [1.54, 1.807) is 0 Å². The zero-order chi connectivity index (χ0) is 16.8. The maximum atomic E-state index is 12.7. The van der Waals surface area contributed by atoms with Crippen molar-refractivity contribution in [3.63, 3.8) is 0 Å². The van der Waals surface area contributed by atoms with Crippen LogP contribution in [0.25, 0.3) is 0 Å². The monoisotopic (exact) mass is 464 g/mol. The van der Waals surface area contributed by atoms with Gasteiger partial charge in [-0.25, -0.2) is 0 Å². The number of halogens is 2. The number of hydrogen-bond acceptors (Lipinski definition) is 2. The Morgan fingerprint density at radius 3 is 2.46 bits per heavy atom. The Balaban J connectivity index is 0.00000288. The number of carbonyl (C=O) groups is 1. The molecule has 1 unspecified atom stereocenters. The third-order valence-electron chi connectivity index (χ3n) is 4.65. The molecule has 5 heteroatoms. The van der Waals surface area contributed by atoms with E-state index in [1.165, 1.54) is 11.1 Å². The van der Waals surface area contributed by atoms with Gasteiger partial charge in [-0.15, -0.1) is 12.4 Å². The van der Waals surface area contributed by atoms with Crippen LogP contribution in [0.3, 0.4) is 0 Å². The van der Waals surface area contributed by atoms with E-state index in [2.05, 4.69) is 64.9 Å². The summed E-state index contributed by atoms with van der Waals surface area (Å²) in [5.74, 6) is 0.700. The number of alkyl halides is 1. The van der Waals surface area contributed by atoms with Gasteiger partial charge in [-0.1, -0.05) is 60.7 Å². The Hall–Kier alpha value is -0.330. The molecule has 1 N–H and O–H groups in total. The molecule has 136 valence electrons. The van der Waals surface area contributed by atoms with Crippen LogP contribution in [0.5, 0.6) is 0 Å². The second kappa shape index (κ2) is 10.6. The van der Waals surface area contributed by atoms with Crippen molar-refractivity contribution in [2.75, 3.05) is 17.6 Å². The Morgan fingerprint density at radius 1 is 1.25 bits per heavy atom. The maximum Gasteiger partial charge on any atom is 0.227 e. The van der Waals surface area contributed by atoms with E-state index in [-0.39, 0.29) is 24.2 Å². The van der Waals surface area contributed by atoms with Gasteiger partial charge in [0.1, 0.15) is 0 Å². The van der Waals surface area contributed by atoms with Gasteiger partial charge >= 0.3 is 0 Å². The van der Waals surface area contributed by atoms with Crippen LogP contribution >= 0.6 is 35.0 Å². The molecule has 1 heterocycles. The highest BCUT2D eigenvalue weighted by Crippen LogP contribution is 2.23. The van der Waals surface area contributed by atoms with Crippen molar-refractivity contribution in [1.82, 2.24) is 10.2 Å². The van der Waals surface area contributed by atoms with Gasteiger partial charge < -0.3 is 5.32 Å². The fourth-order valence-corrected chi connectivity index (χ4v) is 3.93. The van der Waals surface area contributed by atoms with Gasteiger partial charge in [0.25, 0.3) is 0 Å². The van der Waals surface area contributed by atoms with Crippen LogP contribution in [0.15, 0.2) is 24.3 Å². The molecule has 1 fully saturated rings. The molecule has 0 saturated carbocycles. The molecule has 0 radical (unpaired) electrons. The third kappa shape index (κ3) is 6.19. The quantitative estimate of drug-likeness (QED) is 0.385. The van der Waals surface area contributed by atoms with Gasteiger partial charge in [0.2, 0.25) is 5.91 Å². The summed E-state index contributed by atoms with van der Waals surface area (Å²) in [6.45, 7) is 8.66. The Labute approximate surface area is 166 Å². The molecule has 1 aromatic rings. The van der Waals surface area contributed by atoms with Gasteiger partial charge in [0, 0.05) is 19.1 Å². The number of nitrogens with zero attached hydrogens (tertiary/aromatic N) is 1. The molecule has 3 nitrogen and oxygen atoms in total. The van der Waals surface area contributed by atoms with Gasteiger partial charge in [-0.05, 0) is 43.2 Å². The lowest BCUT2D eigenvalue weighted by Crippen LogP contribution is -2.45. The normalized spacial score (nSPS) is 17.4. The molecule has 2 rings (SSSR count). The van der Waals surface area contributed by atoms with Gasteiger partial charge in [0.05, 0.1) is 10.5 Å². The molecule has 1 amide bonds. The summed E-state index contributed by atoms with van der Waals surface area (Å²) in [7, 11) is 0. The zero-order valence-corrected chi connectivity index (χ0v) is 17.9. The van der Waals surface area contributed by atoms with Crippen LogP contribution in [0, 0.1) is 5.92 Å². The number of rotatable bonds is 6. The van der Waals surface area contributed by atoms with Gasteiger partial charge in [0.15, 0.2) is 0 Å². The van der Waals surface area contributed by atoms with Crippen molar-refractivity contribution in [3.05, 3.63) is 35.4 Å². The number of nitrogens with one attached hydrogen (secondary N) is 1. The van der Waals surface area contributed by atoms with Crippen molar-refractivity contribution in [1.29, 1.82) is 0 Å². The fourth-order valence-electron chi connectivity index (χ4n) is 3.25. The topological polar surface area (TPSA) is 32.3 Å². The first kappa shape index (κ1) is 21.7. The minimum atomic E-state index is -0.0763. The lowest BCUT2D eigenvalue weighted by atomic mass is 9.90. The Morgan fingerprint density at radius 2 is 1.88 bits per heavy atom. The number of likely N-dealkylation sites (tertiary alicyclic amines) is 1. The summed E-state index contributed by atoms with van der Waals surface area (Å²) >= 11 is 2.41. The highest BCUT2D eigenvalue weighted by Gasteiger charge is 2.24. The molecule has 1 saturated heterocycles. The standard InChI is InChI=1S/C19H29IN2O.ClH/c1-14(2)12-16-6-4-5-7-18(16)15(3)19(23)21-17-8-10-22(13-20)11-9-17;/h4-7,14-15,17H,8-13H2,1-3H3,(H,21,23);1H. The van der Waals surface area contributed by atoms with E-state index >= 15 is 0 Å². The average Bonchev–Trinajstić information content (AvgIpc) is 2.55. The lowest BCUT2D eigenvalue weighted by Gasteiger charge is -2.31. The second-order valence-electron chi connectivity index (χ2n) is 7.04. The van der Waals surface area contributed by atoms with Crippen LogP contribution in [-0.4, -0.2) is 34.5 Å². The van der Waals surface area contributed by atoms with E-state index in [4.69, 9.17) is 0 Å². The lowest BCUT2D eigenvalue weighted by molar-refractivity contribution is -0.123. The predicted octanol–water partition coefficient (Wildman–Crippen LogP) is 4.38. The third-order valence-corrected chi connectivity index (χ3v) is 5.61. The maximum absolute atomic E-state index is 12.7. The van der Waals surface area contributed by atoms with Crippen molar-refractivity contribution in [2.24, 2.45) is 5.92 Å². The van der Waals surface area contributed by atoms with Crippen LogP contribution in [-0.2, 0) is 11.2 Å². The van der Waals surface area contributed by atoms with Gasteiger partial charge in [-0.3, -0.25) is 9.69 Å². The molecule has 0 spiro atoms. The smallest absolute Gasteiger partial charge is 0.227 e. The highest BCUT2D eigenvalue weighted by atomic mass is 127. The first-order chi connectivity index (χ1) is 11.0. The van der Waals surface area contributed by atoms with E-state index in [1.807, 2.05) is 13.0 Å². The summed E-state index contributed by atoms with van der Waals surface area (Å²) in [6, 6.07) is 8.73. The number of benzene rings is 1. The molecule has 1 atom stereocenters. The highest BCUT2D eigenvalue weighted by molar-refractivity contribution is 14.1. The van der Waals surface area contributed by atoms with E-state index < -0.39 is 0 Å². The second-order valence-corrected chi connectivity index (χ2v) is 7.72. The van der Waals surface area contributed by atoms with Crippen molar-refractivity contribution in [3.8, 4) is 0 Å². The van der Waals surface area contributed by atoms with Crippen LogP contribution in [0.4, 0.5) is 0 Å².